The fourth-order valence-electron chi connectivity index (χ4n) is 1.79. The van der Waals surface area contributed by atoms with Gasteiger partial charge in [0.05, 0.1) is 20.5 Å². The molecule has 0 aliphatic rings. The number of benzene rings is 2. The fraction of sp³-hybridized carbons (Fsp3) is 0.222. The summed E-state index contributed by atoms with van der Waals surface area (Å²) in [5.41, 5.74) is -0.0909. The summed E-state index contributed by atoms with van der Waals surface area (Å²) in [6, 6.07) is 9.51. The Hall–Kier alpha value is -2.33. The summed E-state index contributed by atoms with van der Waals surface area (Å²) in [6.07, 6.45) is -0.611. The first-order valence-electron chi connectivity index (χ1n) is 7.95. The maximum Gasteiger partial charge on any atom is 0.412 e. The Morgan fingerprint density at radius 1 is 1.03 bits per heavy atom. The minimum absolute atomic E-state index is 0.0896. The average Bonchev–Trinajstić information content (AvgIpc) is 2.55. The van der Waals surface area contributed by atoms with Gasteiger partial charge in [-0.25, -0.2) is 9.59 Å². The molecule has 8 nitrogen and oxygen atoms in total. The molecule has 0 heterocycles. The van der Waals surface area contributed by atoms with Gasteiger partial charge in [-0.05, 0) is 57.2 Å². The topological polar surface area (TPSA) is 130 Å². The van der Waals surface area contributed by atoms with Crippen molar-refractivity contribution in [2.75, 3.05) is 5.32 Å². The molecule has 29 heavy (non-hydrogen) atoms. The van der Waals surface area contributed by atoms with Gasteiger partial charge in [-0.1, -0.05) is 29.3 Å². The van der Waals surface area contributed by atoms with E-state index in [1.165, 1.54) is 24.3 Å². The molecule has 0 unspecified atom stereocenters. The number of hydrogen-bond acceptors (Lipinski definition) is 5. The number of carbonyl (C=O) groups is 2. The Labute approximate surface area is 178 Å². The second kappa shape index (κ2) is 9.93. The maximum atomic E-state index is 11.4. The lowest BCUT2D eigenvalue weighted by Crippen LogP contribution is -2.27. The van der Waals surface area contributed by atoms with Crippen molar-refractivity contribution < 1.29 is 32.4 Å². The number of anilines is 1. The minimum atomic E-state index is -4.19. The molecular weight excluding hydrogens is 445 g/mol. The lowest BCUT2D eigenvalue weighted by atomic mass is 10.2. The van der Waals surface area contributed by atoms with Gasteiger partial charge in [0.15, 0.2) is 0 Å². The second-order valence-electron chi connectivity index (χ2n) is 6.56. The van der Waals surface area contributed by atoms with E-state index in [0.717, 1.165) is 6.07 Å². The van der Waals surface area contributed by atoms with Crippen LogP contribution >= 0.6 is 23.2 Å². The van der Waals surface area contributed by atoms with Crippen LogP contribution in [0.4, 0.5) is 10.5 Å². The number of nitrogens with one attached hydrogen (secondary N) is 1. The van der Waals surface area contributed by atoms with Crippen LogP contribution in [0.1, 0.15) is 31.1 Å². The summed E-state index contributed by atoms with van der Waals surface area (Å²) >= 11 is 11.0. The molecule has 2 aromatic carbocycles. The van der Waals surface area contributed by atoms with Crippen molar-refractivity contribution in [3.05, 3.63) is 58.1 Å². The zero-order valence-corrected chi connectivity index (χ0v) is 18.0. The molecule has 2 rings (SSSR count). The van der Waals surface area contributed by atoms with Crippen LogP contribution in [0.15, 0.2) is 47.4 Å². The molecule has 3 N–H and O–H groups in total. The first-order chi connectivity index (χ1) is 13.2. The Kier molecular flexibility index (Phi) is 8.46. The van der Waals surface area contributed by atoms with E-state index < -0.39 is 27.8 Å². The fourth-order valence-corrected chi connectivity index (χ4v) is 2.66. The molecule has 2 aromatic rings. The van der Waals surface area contributed by atoms with Crippen LogP contribution in [0.2, 0.25) is 10.0 Å². The predicted molar refractivity (Wildman–Crippen MR) is 110 cm³/mol. The molecule has 0 fully saturated rings. The number of ether oxygens (including phenoxy) is 1. The molecule has 0 aliphatic carbocycles. The lowest BCUT2D eigenvalue weighted by molar-refractivity contribution is 0.0632. The Morgan fingerprint density at radius 2 is 1.66 bits per heavy atom. The summed E-state index contributed by atoms with van der Waals surface area (Å²) in [6.45, 7) is 5.25. The molecule has 0 bridgehead atoms. The molecule has 11 heteroatoms. The van der Waals surface area contributed by atoms with Gasteiger partial charge in [-0.15, -0.1) is 0 Å². The van der Waals surface area contributed by atoms with Gasteiger partial charge in [0, 0.05) is 5.69 Å². The summed E-state index contributed by atoms with van der Waals surface area (Å²) < 4.78 is 34.7. The summed E-state index contributed by atoms with van der Waals surface area (Å²) in [7, 11) is -4.19. The van der Waals surface area contributed by atoms with Gasteiger partial charge in [0.2, 0.25) is 0 Å². The van der Waals surface area contributed by atoms with Crippen LogP contribution in [0.3, 0.4) is 0 Å². The first-order valence-corrected chi connectivity index (χ1v) is 10.1. The van der Waals surface area contributed by atoms with Gasteiger partial charge >= 0.3 is 12.1 Å². The number of halogens is 2. The van der Waals surface area contributed by atoms with Gasteiger partial charge in [-0.2, -0.15) is 8.42 Å². The average molecular weight is 464 g/mol. The van der Waals surface area contributed by atoms with E-state index in [1.54, 1.807) is 32.9 Å². The third-order valence-corrected chi connectivity index (χ3v) is 4.53. The highest BCUT2D eigenvalue weighted by molar-refractivity contribution is 7.85. The number of carbonyl (C=O) groups excluding carboxylic acids is 1. The summed E-state index contributed by atoms with van der Waals surface area (Å²) in [5, 5.41) is 11.6. The number of aromatic carboxylic acids is 1. The molecule has 1 amide bonds. The lowest BCUT2D eigenvalue weighted by Gasteiger charge is -2.19. The van der Waals surface area contributed by atoms with E-state index in [1.807, 2.05) is 0 Å². The second-order valence-corrected chi connectivity index (χ2v) is 8.80. The highest BCUT2D eigenvalue weighted by Gasteiger charge is 2.16. The predicted octanol–water partition coefficient (Wildman–Crippen LogP) is 4.97. The van der Waals surface area contributed by atoms with Crippen LogP contribution in [-0.4, -0.2) is 35.7 Å². The monoisotopic (exact) mass is 463 g/mol. The smallest absolute Gasteiger partial charge is 0.412 e. The normalized spacial score (nSPS) is 11.1. The van der Waals surface area contributed by atoms with Crippen LogP contribution in [-0.2, 0) is 14.9 Å². The molecule has 0 spiro atoms. The molecular formula is C18H19Cl2NO7S. The molecule has 0 saturated heterocycles. The van der Waals surface area contributed by atoms with E-state index in [4.69, 9.17) is 37.6 Å². The highest BCUT2D eigenvalue weighted by Crippen LogP contribution is 2.24. The Morgan fingerprint density at radius 3 is 2.14 bits per heavy atom. The largest absolute Gasteiger partial charge is 0.478 e. The zero-order valence-electron chi connectivity index (χ0n) is 15.6. The third kappa shape index (κ3) is 9.14. The number of rotatable bonds is 3. The van der Waals surface area contributed by atoms with Crippen LogP contribution in [0, 0.1) is 0 Å². The quantitative estimate of drug-likeness (QED) is 0.547. The molecule has 0 atom stereocenters. The van der Waals surface area contributed by atoms with Crippen molar-refractivity contribution in [3.8, 4) is 0 Å². The van der Waals surface area contributed by atoms with Gasteiger partial charge < -0.3 is 9.84 Å². The number of carboxylic acid groups (broad SMARTS) is 1. The Bertz CT molecular complexity index is 1000. The third-order valence-electron chi connectivity index (χ3n) is 2.94. The van der Waals surface area contributed by atoms with E-state index >= 15 is 0 Å². The number of amides is 1. The maximum absolute atomic E-state index is 11.4. The number of hydrogen-bond donors (Lipinski definition) is 3. The van der Waals surface area contributed by atoms with Crippen molar-refractivity contribution in [3.63, 3.8) is 0 Å². The van der Waals surface area contributed by atoms with Gasteiger partial charge in [0.25, 0.3) is 10.1 Å². The summed E-state index contributed by atoms with van der Waals surface area (Å²) in [5.74, 6) is -1.04. The zero-order chi connectivity index (χ0) is 22.4. The van der Waals surface area contributed by atoms with Gasteiger partial charge in [-0.3, -0.25) is 9.87 Å². The SMILES string of the molecule is CC(C)(C)OC(=O)Nc1cccc(C(=O)O)c1.O=S(=O)(O)c1ccc(Cl)c(Cl)c1. The number of carboxylic acids is 1. The van der Waals surface area contributed by atoms with Crippen LogP contribution < -0.4 is 5.32 Å². The molecule has 0 aliphatic heterocycles. The van der Waals surface area contributed by atoms with Crippen molar-refractivity contribution in [1.82, 2.24) is 0 Å². The molecule has 158 valence electrons. The standard InChI is InChI=1S/C12H15NO4.C6H4Cl2O3S/c1-12(2,3)17-11(16)13-9-6-4-5-8(7-9)10(14)15;7-5-2-1-4(3-6(5)8)12(9,10)11/h4-7H,1-3H3,(H,13,16)(H,14,15);1-3H,(H,9,10,11). The first kappa shape index (κ1) is 24.7. The van der Waals surface area contributed by atoms with E-state index in [-0.39, 0.29) is 20.5 Å². The molecule has 0 aromatic heterocycles. The van der Waals surface area contributed by atoms with Crippen molar-refractivity contribution in [2.45, 2.75) is 31.3 Å². The van der Waals surface area contributed by atoms with Crippen molar-refractivity contribution >= 4 is 51.1 Å². The van der Waals surface area contributed by atoms with E-state index in [9.17, 15) is 18.0 Å². The highest BCUT2D eigenvalue weighted by atomic mass is 35.5. The van der Waals surface area contributed by atoms with Crippen molar-refractivity contribution in [2.24, 2.45) is 0 Å². The summed E-state index contributed by atoms with van der Waals surface area (Å²) in [4.78, 5) is 21.9. The van der Waals surface area contributed by atoms with E-state index in [0.29, 0.717) is 5.69 Å². The van der Waals surface area contributed by atoms with Crippen LogP contribution in [0.25, 0.3) is 0 Å². The molecule has 0 radical (unpaired) electrons. The minimum Gasteiger partial charge on any atom is -0.478 e. The molecule has 0 saturated carbocycles. The van der Waals surface area contributed by atoms with Crippen LogP contribution in [0.5, 0.6) is 0 Å². The van der Waals surface area contributed by atoms with E-state index in [2.05, 4.69) is 5.32 Å². The van der Waals surface area contributed by atoms with Crippen molar-refractivity contribution in [1.29, 1.82) is 0 Å². The van der Waals surface area contributed by atoms with Gasteiger partial charge in [0.1, 0.15) is 5.60 Å². The Balaban J connectivity index is 0.000000308.